The third-order valence-electron chi connectivity index (χ3n) is 21.4. The van der Waals surface area contributed by atoms with Crippen LogP contribution >= 0.6 is 0 Å². The average molecular weight is 1080 g/mol. The summed E-state index contributed by atoms with van der Waals surface area (Å²) in [6, 6.07) is 0. The second-order valence-corrected chi connectivity index (χ2v) is 25.5. The predicted molar refractivity (Wildman–Crippen MR) is 257 cm³/mol. The van der Waals surface area contributed by atoms with Crippen molar-refractivity contribution in [3.05, 3.63) is 11.6 Å². The maximum Gasteiger partial charge on any atom is 0.315 e. The van der Waals surface area contributed by atoms with E-state index in [-0.39, 0.29) is 35.2 Å². The summed E-state index contributed by atoms with van der Waals surface area (Å²) in [6.07, 6.45) is -22.6. The van der Waals surface area contributed by atoms with E-state index in [4.69, 9.17) is 37.9 Å². The average Bonchev–Trinajstić information content (AvgIpc) is 3.38. The number of hydrogen-bond donors (Lipinski definition) is 13. The number of carbonyl (C=O) groups excluding carboxylic acids is 1. The molecule has 430 valence electrons. The molecule has 0 amide bonds. The van der Waals surface area contributed by atoms with Gasteiger partial charge in [0.2, 0.25) is 6.29 Å². The lowest BCUT2D eigenvalue weighted by molar-refractivity contribution is -0.388. The molecule has 0 spiro atoms. The lowest BCUT2D eigenvalue weighted by atomic mass is 9.33. The van der Waals surface area contributed by atoms with Gasteiger partial charge in [-0.1, -0.05) is 53.2 Å². The maximum absolute atomic E-state index is 14.8. The van der Waals surface area contributed by atoms with Crippen molar-refractivity contribution < 1.29 is 109 Å². The van der Waals surface area contributed by atoms with E-state index in [2.05, 4.69) is 40.7 Å². The fourth-order valence-electron chi connectivity index (χ4n) is 16.4. The number of hydrogen-bond acceptors (Lipinski definition) is 22. The Labute approximate surface area is 437 Å². The van der Waals surface area contributed by atoms with Gasteiger partial charge in [-0.2, -0.15) is 0 Å². The smallest absolute Gasteiger partial charge is 0.315 e. The van der Waals surface area contributed by atoms with Crippen molar-refractivity contribution in [1.82, 2.24) is 0 Å². The molecule has 9 rings (SSSR count). The fraction of sp³-hybridized carbons (Fsp3) is 0.943. The van der Waals surface area contributed by atoms with Crippen molar-refractivity contribution in [3.8, 4) is 0 Å². The van der Waals surface area contributed by atoms with Gasteiger partial charge in [-0.05, 0) is 111 Å². The first kappa shape index (κ1) is 58.1. The number of carbonyl (C=O) groups is 1. The minimum atomic E-state index is -1.84. The van der Waals surface area contributed by atoms with Gasteiger partial charge < -0.3 is 104 Å². The Bertz CT molecular complexity index is 2070. The van der Waals surface area contributed by atoms with Crippen LogP contribution in [-0.4, -0.2) is 221 Å². The SMILES string of the molecule is C[C@@H]1O[C@H](O[C@@H]2[C@@H](O[C@H]3CC[C@]4(C)[C@H](CC[C@@]5(C)[C@@H]4CC=C4[C@@H]6[C@](C(=O)O[C@H]7O[C@@H](CO)[C@H](O)[C@@H](O)[C@@H]7O)(CC[C@H](C)[C@@]6(C)O)CC[C@]45C)C3(C)C)OC[C@H](O)[C@H]2O[C@H]2O[C@@H](CO)[C@H](O)[C@@H](O)[C@@H]2O)[C@@H](O)[C@H](O)[C@H]1O. The van der Waals surface area contributed by atoms with Gasteiger partial charge in [0.1, 0.15) is 85.5 Å². The largest absolute Gasteiger partial charge is 0.432 e. The Balaban J connectivity index is 0.986. The Kier molecular flexibility index (Phi) is 16.1. The highest BCUT2D eigenvalue weighted by Gasteiger charge is 2.72. The predicted octanol–water partition coefficient (Wildman–Crippen LogP) is -1.40. The van der Waals surface area contributed by atoms with Gasteiger partial charge in [-0.3, -0.25) is 4.79 Å². The zero-order valence-electron chi connectivity index (χ0n) is 44.4. The molecule has 75 heavy (non-hydrogen) atoms. The second-order valence-electron chi connectivity index (χ2n) is 25.5. The zero-order valence-corrected chi connectivity index (χ0v) is 44.4. The van der Waals surface area contributed by atoms with E-state index >= 15 is 0 Å². The Morgan fingerprint density at radius 1 is 0.613 bits per heavy atom. The van der Waals surface area contributed by atoms with Gasteiger partial charge in [0.15, 0.2) is 18.9 Å². The molecule has 5 aliphatic carbocycles. The van der Waals surface area contributed by atoms with Gasteiger partial charge in [-0.15, -0.1) is 0 Å². The van der Waals surface area contributed by atoms with Gasteiger partial charge >= 0.3 is 5.97 Å². The molecule has 9 aliphatic rings. The molecule has 29 atom stereocenters. The van der Waals surface area contributed by atoms with Gasteiger partial charge in [0.05, 0.1) is 43.0 Å². The summed E-state index contributed by atoms with van der Waals surface area (Å²) in [7, 11) is 0. The fourth-order valence-corrected chi connectivity index (χ4v) is 16.4. The molecule has 0 aromatic heterocycles. The summed E-state index contributed by atoms with van der Waals surface area (Å²) >= 11 is 0. The van der Waals surface area contributed by atoms with Crippen LogP contribution in [-0.2, 0) is 42.7 Å². The number of fused-ring (bicyclic) bond motifs is 7. The van der Waals surface area contributed by atoms with Crippen LogP contribution in [0, 0.1) is 50.7 Å². The van der Waals surface area contributed by atoms with Crippen molar-refractivity contribution in [3.63, 3.8) is 0 Å². The number of allylic oxidation sites excluding steroid dienone is 1. The molecule has 4 saturated carbocycles. The van der Waals surface area contributed by atoms with Crippen LogP contribution in [0.2, 0.25) is 0 Å². The Morgan fingerprint density at radius 3 is 1.81 bits per heavy atom. The molecular formula is C53H86O22. The van der Waals surface area contributed by atoms with Crippen LogP contribution < -0.4 is 0 Å². The van der Waals surface area contributed by atoms with Crippen LogP contribution in [0.5, 0.6) is 0 Å². The highest BCUT2D eigenvalue weighted by Crippen LogP contribution is 2.76. The van der Waals surface area contributed by atoms with Crippen LogP contribution in [0.4, 0.5) is 0 Å². The molecule has 4 aliphatic heterocycles. The minimum Gasteiger partial charge on any atom is -0.432 e. The first-order valence-corrected chi connectivity index (χ1v) is 27.3. The van der Waals surface area contributed by atoms with Crippen molar-refractivity contribution in [2.75, 3.05) is 19.8 Å². The van der Waals surface area contributed by atoms with E-state index in [0.29, 0.717) is 38.5 Å². The van der Waals surface area contributed by atoms with E-state index < -0.39 is 170 Å². The molecule has 13 N–H and O–H groups in total. The lowest BCUT2D eigenvalue weighted by Gasteiger charge is -2.72. The van der Waals surface area contributed by atoms with E-state index in [9.17, 15) is 71.2 Å². The summed E-state index contributed by atoms with van der Waals surface area (Å²) in [6.45, 7) is 14.8. The molecule has 8 fully saturated rings. The number of ether oxygens (including phenoxy) is 8. The Morgan fingerprint density at radius 2 is 1.19 bits per heavy atom. The minimum absolute atomic E-state index is 0.0741. The third-order valence-corrected chi connectivity index (χ3v) is 21.4. The molecule has 4 saturated heterocycles. The van der Waals surface area contributed by atoms with Crippen molar-refractivity contribution in [1.29, 1.82) is 0 Å². The molecule has 0 unspecified atom stereocenters. The summed E-state index contributed by atoms with van der Waals surface area (Å²) in [4.78, 5) is 14.8. The van der Waals surface area contributed by atoms with Crippen molar-refractivity contribution >= 4 is 5.97 Å². The quantitative estimate of drug-likeness (QED) is 0.0680. The standard InChI is InChI=1S/C53H86O22/c1-22-11-16-53(47(66)75-45-39(65)36(62)33(59)27(20-55)71-45)18-17-50(6)24(42(53)52(22,8)67)9-10-29-49(5)14-13-30(48(3,4)28(49)12-15-51(29,50)7)72-46-41(74-43-37(63)34(60)31(57)23(2)69-43)40(25(56)21-68-46)73-44-38(64)35(61)32(58)26(19-54)70-44/h9,22-23,25-46,54-65,67H,10-21H2,1-8H3/t22-,23-,25-,26-,27-,28+,29+,30-,31-,32-,33-,34+,35+,36+,37-,38-,39-,40+,41-,42-,43+,44+,45+,46+,49+,50+,51-,52+,53-/m0/s1. The van der Waals surface area contributed by atoms with Crippen LogP contribution in [0.25, 0.3) is 0 Å². The van der Waals surface area contributed by atoms with Crippen LogP contribution in [0.3, 0.4) is 0 Å². The van der Waals surface area contributed by atoms with E-state index in [1.165, 1.54) is 6.92 Å². The first-order valence-electron chi connectivity index (χ1n) is 27.3. The Hall–Kier alpha value is -1.59. The van der Waals surface area contributed by atoms with Gasteiger partial charge in [0.25, 0.3) is 0 Å². The van der Waals surface area contributed by atoms with Crippen LogP contribution in [0.1, 0.15) is 113 Å². The molecular weight excluding hydrogens is 989 g/mol. The monoisotopic (exact) mass is 1070 g/mol. The molecule has 22 nitrogen and oxygen atoms in total. The number of rotatable bonds is 10. The molecule has 0 aromatic carbocycles. The number of aliphatic hydroxyl groups excluding tert-OH is 12. The summed E-state index contributed by atoms with van der Waals surface area (Å²) in [5.41, 5.74) is -3.15. The molecule has 0 bridgehead atoms. The zero-order chi connectivity index (χ0) is 54.9. The van der Waals surface area contributed by atoms with Crippen LogP contribution in [0.15, 0.2) is 11.6 Å². The molecule has 4 heterocycles. The first-order chi connectivity index (χ1) is 35.0. The number of esters is 1. The normalized spacial score (nSPS) is 55.8. The van der Waals surface area contributed by atoms with E-state index in [1.807, 2.05) is 6.92 Å². The topological polar surface area (TPSA) is 354 Å². The number of aliphatic hydroxyl groups is 13. The molecule has 0 radical (unpaired) electrons. The van der Waals surface area contributed by atoms with E-state index in [0.717, 1.165) is 24.8 Å². The lowest BCUT2D eigenvalue weighted by Crippen LogP contribution is -2.68. The van der Waals surface area contributed by atoms with Gasteiger partial charge in [-0.25, -0.2) is 0 Å². The van der Waals surface area contributed by atoms with Gasteiger partial charge in [0, 0.05) is 5.92 Å². The third kappa shape index (κ3) is 9.12. The summed E-state index contributed by atoms with van der Waals surface area (Å²) in [5.74, 6) is -1.31. The van der Waals surface area contributed by atoms with Crippen molar-refractivity contribution in [2.45, 2.75) is 242 Å². The second kappa shape index (κ2) is 20.7. The highest BCUT2D eigenvalue weighted by atomic mass is 16.8. The van der Waals surface area contributed by atoms with Crippen molar-refractivity contribution in [2.24, 2.45) is 50.7 Å². The molecule has 22 heteroatoms. The summed E-state index contributed by atoms with van der Waals surface area (Å²) < 4.78 is 48.8. The van der Waals surface area contributed by atoms with E-state index in [1.54, 1.807) is 6.92 Å². The maximum atomic E-state index is 14.8. The summed E-state index contributed by atoms with van der Waals surface area (Å²) in [5, 5.41) is 140. The molecule has 0 aromatic rings. The highest BCUT2D eigenvalue weighted by molar-refractivity contribution is 5.79.